The number of likely N-dealkylation sites (N-methyl/N-ethyl adjacent to an activating group) is 1. The summed E-state index contributed by atoms with van der Waals surface area (Å²) in [6.45, 7) is 5.68. The molecule has 2 amide bonds. The van der Waals surface area contributed by atoms with Gasteiger partial charge in [0.25, 0.3) is 0 Å². The third kappa shape index (κ3) is 7.67. The van der Waals surface area contributed by atoms with E-state index in [1.54, 1.807) is 37.3 Å². The number of sulfonamides is 1. The largest absolute Gasteiger partial charge is 0.354 e. The van der Waals surface area contributed by atoms with Gasteiger partial charge >= 0.3 is 0 Å². The van der Waals surface area contributed by atoms with Crippen LogP contribution >= 0.6 is 23.2 Å². The number of hydrogen-bond acceptors (Lipinski definition) is 4. The average molecular weight is 543 g/mol. The summed E-state index contributed by atoms with van der Waals surface area (Å²) in [5, 5.41) is 3.59. The lowest BCUT2D eigenvalue weighted by Gasteiger charge is -2.32. The second-order valence-corrected chi connectivity index (χ2v) is 11.2. The van der Waals surface area contributed by atoms with Crippen LogP contribution in [0.1, 0.15) is 44.2 Å². The number of nitrogens with one attached hydrogen (secondary N) is 1. The van der Waals surface area contributed by atoms with E-state index in [-0.39, 0.29) is 17.3 Å². The van der Waals surface area contributed by atoms with Crippen molar-refractivity contribution in [2.45, 2.75) is 57.5 Å². The first-order valence-corrected chi connectivity index (χ1v) is 13.8. The number of rotatable bonds is 12. The molecule has 1 N–H and O–H groups in total. The molecule has 0 fully saturated rings. The summed E-state index contributed by atoms with van der Waals surface area (Å²) >= 11 is 12.7. The van der Waals surface area contributed by atoms with Crippen molar-refractivity contribution in [2.24, 2.45) is 0 Å². The van der Waals surface area contributed by atoms with Gasteiger partial charge in [-0.15, -0.1) is 0 Å². The summed E-state index contributed by atoms with van der Waals surface area (Å²) < 4.78 is 27.1. The van der Waals surface area contributed by atoms with Gasteiger partial charge < -0.3 is 10.2 Å². The number of carbonyl (C=O) groups excluding carboxylic acids is 2. The van der Waals surface area contributed by atoms with Crippen LogP contribution in [0, 0.1) is 6.92 Å². The van der Waals surface area contributed by atoms with Crippen molar-refractivity contribution >= 4 is 45.0 Å². The predicted molar refractivity (Wildman–Crippen MR) is 140 cm³/mol. The first kappa shape index (κ1) is 29.1. The number of amides is 2. The highest BCUT2D eigenvalue weighted by Gasteiger charge is 2.32. The molecule has 1 unspecified atom stereocenters. The first-order valence-electron chi connectivity index (χ1n) is 11.6. The van der Waals surface area contributed by atoms with Gasteiger partial charge in [0.2, 0.25) is 21.8 Å². The average Bonchev–Trinajstić information content (AvgIpc) is 2.81. The molecule has 0 aliphatic heterocycles. The van der Waals surface area contributed by atoms with E-state index in [1.165, 1.54) is 24.1 Å². The van der Waals surface area contributed by atoms with E-state index < -0.39 is 28.5 Å². The molecule has 2 aromatic carbocycles. The number of nitrogens with zero attached hydrogens (tertiary/aromatic N) is 2. The van der Waals surface area contributed by atoms with Gasteiger partial charge in [0.05, 0.1) is 11.4 Å². The van der Waals surface area contributed by atoms with Gasteiger partial charge in [-0.1, -0.05) is 67.2 Å². The Balaban J connectivity index is 2.35. The fourth-order valence-corrected chi connectivity index (χ4v) is 5.17. The molecular weight excluding hydrogens is 509 g/mol. The third-order valence-corrected chi connectivity index (χ3v) is 8.22. The van der Waals surface area contributed by atoms with E-state index in [4.69, 9.17) is 23.2 Å². The van der Waals surface area contributed by atoms with Crippen LogP contribution in [0.5, 0.6) is 0 Å². The standard InChI is InChI=1S/C25H33Cl2N3O4S/c1-5-7-15-28-25(32)23(6-2)30(16-20-21(26)9-8-10-22(20)27)24(31)17-29(4)35(33,34)19-13-11-18(3)12-14-19/h8-14,23H,5-7,15-17H2,1-4H3,(H,28,32). The van der Waals surface area contributed by atoms with Gasteiger partial charge in [0, 0.05) is 35.7 Å². The molecule has 0 aliphatic rings. The van der Waals surface area contributed by atoms with Gasteiger partial charge in [-0.2, -0.15) is 4.31 Å². The fourth-order valence-electron chi connectivity index (χ4n) is 3.54. The monoisotopic (exact) mass is 541 g/mol. The summed E-state index contributed by atoms with van der Waals surface area (Å²) in [6, 6.07) is 10.6. The Bertz CT molecular complexity index is 1100. The molecule has 0 radical (unpaired) electrons. The number of aryl methyl sites for hydroxylation is 1. The Morgan fingerprint density at radius 3 is 2.17 bits per heavy atom. The molecule has 10 heteroatoms. The Hall–Kier alpha value is -2.13. The number of halogens is 2. The molecule has 2 aromatic rings. The van der Waals surface area contributed by atoms with Gasteiger partial charge in [-0.05, 0) is 44.0 Å². The van der Waals surface area contributed by atoms with Crippen LogP contribution in [0.15, 0.2) is 47.4 Å². The van der Waals surface area contributed by atoms with E-state index in [0.717, 1.165) is 22.7 Å². The van der Waals surface area contributed by atoms with E-state index in [2.05, 4.69) is 5.32 Å². The van der Waals surface area contributed by atoms with Crippen molar-refractivity contribution in [1.29, 1.82) is 0 Å². The number of unbranched alkanes of at least 4 members (excludes halogenated alkanes) is 1. The summed E-state index contributed by atoms with van der Waals surface area (Å²) in [4.78, 5) is 27.9. The van der Waals surface area contributed by atoms with Crippen molar-refractivity contribution in [3.8, 4) is 0 Å². The molecule has 0 aliphatic carbocycles. The highest BCUT2D eigenvalue weighted by molar-refractivity contribution is 7.89. The Morgan fingerprint density at radius 2 is 1.63 bits per heavy atom. The van der Waals surface area contributed by atoms with Gasteiger partial charge in [0.15, 0.2) is 0 Å². The Labute approximate surface area is 218 Å². The lowest BCUT2D eigenvalue weighted by molar-refractivity contribution is -0.141. The summed E-state index contributed by atoms with van der Waals surface area (Å²) in [5.74, 6) is -0.835. The lowest BCUT2D eigenvalue weighted by Crippen LogP contribution is -2.52. The van der Waals surface area contributed by atoms with E-state index >= 15 is 0 Å². The number of hydrogen-bond donors (Lipinski definition) is 1. The highest BCUT2D eigenvalue weighted by atomic mass is 35.5. The maximum absolute atomic E-state index is 13.5. The Morgan fingerprint density at radius 1 is 1.03 bits per heavy atom. The van der Waals surface area contributed by atoms with Crippen molar-refractivity contribution in [2.75, 3.05) is 20.1 Å². The van der Waals surface area contributed by atoms with Crippen LogP contribution in [-0.2, 0) is 26.2 Å². The van der Waals surface area contributed by atoms with Crippen LogP contribution in [0.25, 0.3) is 0 Å². The predicted octanol–water partition coefficient (Wildman–Crippen LogP) is 4.65. The molecule has 35 heavy (non-hydrogen) atoms. The van der Waals surface area contributed by atoms with Crippen LogP contribution in [0.2, 0.25) is 10.0 Å². The zero-order chi connectivity index (χ0) is 26.2. The van der Waals surface area contributed by atoms with Crippen molar-refractivity contribution in [3.63, 3.8) is 0 Å². The van der Waals surface area contributed by atoms with Crippen molar-refractivity contribution in [1.82, 2.24) is 14.5 Å². The molecule has 192 valence electrons. The van der Waals surface area contributed by atoms with E-state index in [1.807, 2.05) is 13.8 Å². The van der Waals surface area contributed by atoms with Gasteiger partial charge in [-0.3, -0.25) is 9.59 Å². The molecule has 0 spiro atoms. The zero-order valence-corrected chi connectivity index (χ0v) is 22.9. The summed E-state index contributed by atoms with van der Waals surface area (Å²) in [6.07, 6.45) is 2.06. The van der Waals surface area contributed by atoms with Crippen LogP contribution in [0.4, 0.5) is 0 Å². The topological polar surface area (TPSA) is 86.8 Å². The first-order chi connectivity index (χ1) is 16.5. The number of carbonyl (C=O) groups is 2. The van der Waals surface area contributed by atoms with Gasteiger partial charge in [-0.25, -0.2) is 8.42 Å². The second kappa shape index (κ2) is 13.3. The molecule has 2 rings (SSSR count). The maximum Gasteiger partial charge on any atom is 0.243 e. The van der Waals surface area contributed by atoms with Crippen LogP contribution in [0.3, 0.4) is 0 Å². The smallest absolute Gasteiger partial charge is 0.243 e. The van der Waals surface area contributed by atoms with E-state index in [0.29, 0.717) is 28.6 Å². The molecule has 0 saturated carbocycles. The summed E-state index contributed by atoms with van der Waals surface area (Å²) in [7, 11) is -2.57. The Kier molecular flexibility index (Phi) is 11.0. The molecule has 0 heterocycles. The third-order valence-electron chi connectivity index (χ3n) is 5.69. The molecular formula is C25H33Cl2N3O4S. The SMILES string of the molecule is CCCCNC(=O)C(CC)N(Cc1c(Cl)cccc1Cl)C(=O)CN(C)S(=O)(=O)c1ccc(C)cc1. The molecule has 1 atom stereocenters. The number of benzene rings is 2. The molecule has 0 aromatic heterocycles. The molecule has 0 saturated heterocycles. The molecule has 0 bridgehead atoms. The second-order valence-electron chi connectivity index (χ2n) is 8.36. The van der Waals surface area contributed by atoms with Gasteiger partial charge in [0.1, 0.15) is 6.04 Å². The fraction of sp³-hybridized carbons (Fsp3) is 0.440. The lowest BCUT2D eigenvalue weighted by atomic mass is 10.1. The minimum atomic E-state index is -3.91. The maximum atomic E-state index is 13.5. The van der Waals surface area contributed by atoms with E-state index in [9.17, 15) is 18.0 Å². The van der Waals surface area contributed by atoms with Crippen LogP contribution in [-0.4, -0.2) is 55.6 Å². The quantitative estimate of drug-likeness (QED) is 0.396. The normalized spacial score (nSPS) is 12.4. The minimum Gasteiger partial charge on any atom is -0.354 e. The minimum absolute atomic E-state index is 0.0323. The van der Waals surface area contributed by atoms with Crippen molar-refractivity contribution in [3.05, 3.63) is 63.6 Å². The van der Waals surface area contributed by atoms with Crippen LogP contribution < -0.4 is 5.32 Å². The summed E-state index contributed by atoms with van der Waals surface area (Å²) in [5.41, 5.74) is 1.42. The molecule has 7 nitrogen and oxygen atoms in total. The van der Waals surface area contributed by atoms with Crippen molar-refractivity contribution < 1.29 is 18.0 Å². The highest BCUT2D eigenvalue weighted by Crippen LogP contribution is 2.27. The zero-order valence-electron chi connectivity index (χ0n) is 20.6.